The van der Waals surface area contributed by atoms with Crippen molar-refractivity contribution in [2.24, 2.45) is 0 Å². The van der Waals surface area contributed by atoms with Gasteiger partial charge in [-0.05, 0) is 97.5 Å². The molecule has 0 spiro atoms. The van der Waals surface area contributed by atoms with Crippen LogP contribution in [0.25, 0.3) is 5.82 Å². The summed E-state index contributed by atoms with van der Waals surface area (Å²) in [5.41, 5.74) is 7.95. The van der Waals surface area contributed by atoms with Gasteiger partial charge in [-0.15, -0.1) is 0 Å². The molecule has 0 fully saturated rings. The fourth-order valence-electron chi connectivity index (χ4n) is 6.43. The van der Waals surface area contributed by atoms with Crippen molar-refractivity contribution in [1.29, 1.82) is 0 Å². The summed E-state index contributed by atoms with van der Waals surface area (Å²) < 4.78 is 7.91. The third-order valence-electron chi connectivity index (χ3n) is 9.53. The molecule has 6 aromatic rings. The molecule has 0 bridgehead atoms. The Morgan fingerprint density at radius 3 is 1.89 bits per heavy atom. The van der Waals surface area contributed by atoms with Gasteiger partial charge in [0.1, 0.15) is 17.3 Å². The number of ether oxygens (including phenoxy) is 1. The highest BCUT2D eigenvalue weighted by Crippen LogP contribution is 2.21. The van der Waals surface area contributed by atoms with Gasteiger partial charge >= 0.3 is 6.03 Å². The smallest absolute Gasteiger partial charge is 0.315 e. The van der Waals surface area contributed by atoms with Crippen LogP contribution in [0.15, 0.2) is 134 Å². The molecule has 288 valence electrons. The molecule has 0 radical (unpaired) electrons. The van der Waals surface area contributed by atoms with Gasteiger partial charge in [-0.1, -0.05) is 84.9 Å². The lowest BCUT2D eigenvalue weighted by Crippen LogP contribution is -2.34. The van der Waals surface area contributed by atoms with Crippen molar-refractivity contribution >= 4 is 11.9 Å². The number of carbonyl (C=O) groups is 2. The molecule has 0 aliphatic rings. The number of aliphatic hydroxyl groups is 1. The number of amides is 3. The lowest BCUT2D eigenvalue weighted by Gasteiger charge is -2.18. The van der Waals surface area contributed by atoms with E-state index in [1.54, 1.807) is 6.20 Å². The SMILES string of the molecule is Cc1ccc(C)n1-c1ccc(C(O)CNC(C)Cc2cccc(CC(=O)NCc3ccc(CNC(=O)NCc4ccc(Oc5ccccc5)cc4)cc3)c2)cn1. The summed E-state index contributed by atoms with van der Waals surface area (Å²) in [5, 5.41) is 23.0. The van der Waals surface area contributed by atoms with Crippen molar-refractivity contribution in [3.05, 3.63) is 178 Å². The highest BCUT2D eigenvalue weighted by atomic mass is 16.5. The number of aromatic nitrogens is 2. The van der Waals surface area contributed by atoms with Gasteiger partial charge in [0, 0.05) is 55.4 Å². The molecule has 56 heavy (non-hydrogen) atoms. The summed E-state index contributed by atoms with van der Waals surface area (Å²) in [4.78, 5) is 29.8. The maximum absolute atomic E-state index is 12.8. The van der Waals surface area contributed by atoms with Crippen molar-refractivity contribution in [1.82, 2.24) is 30.8 Å². The third kappa shape index (κ3) is 11.6. The molecule has 0 aliphatic carbocycles. The minimum absolute atomic E-state index is 0.0565. The molecule has 0 saturated heterocycles. The van der Waals surface area contributed by atoms with Crippen molar-refractivity contribution in [3.63, 3.8) is 0 Å². The number of aliphatic hydroxyl groups excluding tert-OH is 1. The first-order chi connectivity index (χ1) is 27.2. The second-order valence-electron chi connectivity index (χ2n) is 14.1. The summed E-state index contributed by atoms with van der Waals surface area (Å²) in [6.45, 7) is 7.78. The Labute approximate surface area is 329 Å². The molecule has 10 nitrogen and oxygen atoms in total. The lowest BCUT2D eigenvalue weighted by atomic mass is 10.0. The topological polar surface area (TPSA) is 130 Å². The van der Waals surface area contributed by atoms with Crippen LogP contribution in [0.4, 0.5) is 4.79 Å². The average Bonchev–Trinajstić information content (AvgIpc) is 3.55. The van der Waals surface area contributed by atoms with Crippen LogP contribution >= 0.6 is 0 Å². The molecule has 3 amide bonds. The third-order valence-corrected chi connectivity index (χ3v) is 9.53. The zero-order valence-electron chi connectivity index (χ0n) is 32.2. The van der Waals surface area contributed by atoms with E-state index in [0.29, 0.717) is 26.2 Å². The molecule has 2 atom stereocenters. The number of benzene rings is 4. The number of aryl methyl sites for hydroxylation is 2. The number of para-hydroxylation sites is 1. The van der Waals surface area contributed by atoms with Crippen molar-refractivity contribution in [2.45, 2.75) is 65.4 Å². The van der Waals surface area contributed by atoms with E-state index < -0.39 is 6.10 Å². The van der Waals surface area contributed by atoms with E-state index in [1.807, 2.05) is 117 Å². The van der Waals surface area contributed by atoms with E-state index in [1.165, 1.54) is 0 Å². The molecule has 4 aromatic carbocycles. The number of carbonyl (C=O) groups excluding carboxylic acids is 2. The zero-order chi connectivity index (χ0) is 39.3. The number of rotatable bonds is 17. The molecule has 0 saturated carbocycles. The Balaban J connectivity index is 0.868. The highest BCUT2D eigenvalue weighted by Gasteiger charge is 2.13. The summed E-state index contributed by atoms with van der Waals surface area (Å²) in [5.74, 6) is 2.29. The van der Waals surface area contributed by atoms with E-state index in [4.69, 9.17) is 4.74 Å². The Morgan fingerprint density at radius 1 is 0.679 bits per heavy atom. The van der Waals surface area contributed by atoms with E-state index in [0.717, 1.165) is 68.5 Å². The first-order valence-electron chi connectivity index (χ1n) is 19.0. The van der Waals surface area contributed by atoms with E-state index in [2.05, 4.69) is 62.0 Å². The maximum Gasteiger partial charge on any atom is 0.315 e. The summed E-state index contributed by atoms with van der Waals surface area (Å²) >= 11 is 0. The monoisotopic (exact) mass is 750 g/mol. The van der Waals surface area contributed by atoms with Crippen LogP contribution in [0.5, 0.6) is 11.5 Å². The standard InChI is InChI=1S/C46H50N6O4/c1-32(47-31-43(53)40-20-23-44(48-30-40)52-33(2)12-13-34(52)3)24-38-8-7-9-39(25-38)26-45(54)49-27-35-14-16-36(17-15-35)28-50-46(55)51-29-37-18-21-42(22-19-37)56-41-10-5-4-6-11-41/h4-23,25,30,32,43,47,53H,24,26-29,31H2,1-3H3,(H,49,54)(H2,50,51,55). The van der Waals surface area contributed by atoms with Gasteiger partial charge in [0.25, 0.3) is 0 Å². The van der Waals surface area contributed by atoms with Crippen LogP contribution in [0.3, 0.4) is 0 Å². The van der Waals surface area contributed by atoms with Gasteiger partial charge in [-0.2, -0.15) is 0 Å². The van der Waals surface area contributed by atoms with Crippen molar-refractivity contribution in [3.8, 4) is 17.3 Å². The Morgan fingerprint density at radius 2 is 1.27 bits per heavy atom. The molecular weight excluding hydrogens is 701 g/mol. The number of pyridine rings is 1. The normalized spacial score (nSPS) is 12.1. The van der Waals surface area contributed by atoms with Crippen LogP contribution in [0.2, 0.25) is 0 Å². The fraction of sp³-hybridized carbons (Fsp3) is 0.239. The van der Waals surface area contributed by atoms with Gasteiger partial charge in [0.15, 0.2) is 0 Å². The number of urea groups is 1. The predicted molar refractivity (Wildman–Crippen MR) is 220 cm³/mol. The minimum Gasteiger partial charge on any atom is -0.457 e. The zero-order valence-corrected chi connectivity index (χ0v) is 32.2. The van der Waals surface area contributed by atoms with Crippen LogP contribution in [0.1, 0.15) is 57.8 Å². The largest absolute Gasteiger partial charge is 0.457 e. The Bertz CT molecular complexity index is 2150. The van der Waals surface area contributed by atoms with Gasteiger partial charge in [-0.3, -0.25) is 4.79 Å². The summed E-state index contributed by atoms with van der Waals surface area (Å²) in [6, 6.07) is 40.9. The van der Waals surface area contributed by atoms with Crippen LogP contribution < -0.4 is 26.0 Å². The Kier molecular flexibility index (Phi) is 13.7. The van der Waals surface area contributed by atoms with Crippen LogP contribution in [-0.2, 0) is 37.3 Å². The van der Waals surface area contributed by atoms with Gasteiger partial charge in [0.2, 0.25) is 5.91 Å². The van der Waals surface area contributed by atoms with Gasteiger partial charge in [-0.25, -0.2) is 9.78 Å². The van der Waals surface area contributed by atoms with Crippen molar-refractivity contribution < 1.29 is 19.4 Å². The molecule has 5 N–H and O–H groups in total. The summed E-state index contributed by atoms with van der Waals surface area (Å²) in [6.07, 6.45) is 2.10. The quantitative estimate of drug-likeness (QED) is 0.0662. The molecular formula is C46H50N6O4. The highest BCUT2D eigenvalue weighted by molar-refractivity contribution is 5.78. The predicted octanol–water partition coefficient (Wildman–Crippen LogP) is 7.39. The molecule has 2 heterocycles. The fourth-order valence-corrected chi connectivity index (χ4v) is 6.43. The minimum atomic E-state index is -0.678. The van der Waals surface area contributed by atoms with E-state index in [9.17, 15) is 14.7 Å². The number of nitrogens with zero attached hydrogens (tertiary/aromatic N) is 2. The second kappa shape index (κ2) is 19.4. The average molecular weight is 751 g/mol. The lowest BCUT2D eigenvalue weighted by molar-refractivity contribution is -0.120. The first kappa shape index (κ1) is 39.5. The molecule has 0 aliphatic heterocycles. The number of nitrogens with one attached hydrogen (secondary N) is 4. The van der Waals surface area contributed by atoms with Crippen molar-refractivity contribution in [2.75, 3.05) is 6.54 Å². The molecule has 2 aromatic heterocycles. The Hall–Kier alpha value is -6.23. The van der Waals surface area contributed by atoms with Gasteiger partial charge in [0.05, 0.1) is 12.5 Å². The number of hydrogen-bond donors (Lipinski definition) is 5. The molecule has 10 heteroatoms. The maximum atomic E-state index is 12.8. The van der Waals surface area contributed by atoms with E-state index in [-0.39, 0.29) is 24.4 Å². The van der Waals surface area contributed by atoms with Crippen LogP contribution in [-0.4, -0.2) is 39.2 Å². The first-order valence-corrected chi connectivity index (χ1v) is 19.0. The van der Waals surface area contributed by atoms with E-state index >= 15 is 0 Å². The van der Waals surface area contributed by atoms with Gasteiger partial charge < -0.3 is 35.7 Å². The second-order valence-corrected chi connectivity index (χ2v) is 14.1. The van der Waals surface area contributed by atoms with Crippen LogP contribution in [0, 0.1) is 13.8 Å². The number of hydrogen-bond acceptors (Lipinski definition) is 6. The molecule has 6 rings (SSSR count). The summed E-state index contributed by atoms with van der Waals surface area (Å²) in [7, 11) is 0. The molecule has 2 unspecified atom stereocenters.